The quantitative estimate of drug-likeness (QED) is 0.705. The number of hydrogen-bond donors (Lipinski definition) is 3. The summed E-state index contributed by atoms with van der Waals surface area (Å²) in [6.07, 6.45) is 0. The van der Waals surface area contributed by atoms with Crippen molar-refractivity contribution in [3.05, 3.63) is 24.3 Å². The highest BCUT2D eigenvalue weighted by Gasteiger charge is 2.27. The molecule has 0 heterocycles. The molecule has 0 aliphatic rings. The highest BCUT2D eigenvalue weighted by Crippen LogP contribution is 2.23. The molecule has 1 aromatic rings. The molecule has 0 aromatic heterocycles. The van der Waals surface area contributed by atoms with Gasteiger partial charge in [-0.05, 0) is 26.0 Å². The van der Waals surface area contributed by atoms with Crippen molar-refractivity contribution in [2.45, 2.75) is 25.7 Å². The largest absolute Gasteiger partial charge is 0.383 e. The molecule has 118 valence electrons. The van der Waals surface area contributed by atoms with Crippen LogP contribution in [0.4, 0.5) is 5.69 Å². The predicted octanol–water partition coefficient (Wildman–Crippen LogP) is 1.17. The van der Waals surface area contributed by atoms with E-state index in [0.717, 1.165) is 0 Å². The third-order valence-electron chi connectivity index (χ3n) is 3.07. The normalized spacial score (nSPS) is 12.0. The molecule has 0 aliphatic carbocycles. The van der Waals surface area contributed by atoms with Crippen LogP contribution in [0.1, 0.15) is 20.8 Å². The fourth-order valence-corrected chi connectivity index (χ4v) is 3.07. The Kier molecular flexibility index (Phi) is 5.74. The van der Waals surface area contributed by atoms with Gasteiger partial charge in [0.25, 0.3) is 0 Å². The van der Waals surface area contributed by atoms with E-state index in [1.165, 1.54) is 6.07 Å². The van der Waals surface area contributed by atoms with Gasteiger partial charge in [0.15, 0.2) is 0 Å². The highest BCUT2D eigenvalue weighted by atomic mass is 32.2. The highest BCUT2D eigenvalue weighted by molar-refractivity contribution is 7.89. The molecule has 21 heavy (non-hydrogen) atoms. The maximum atomic E-state index is 12.1. The number of sulfonamides is 1. The zero-order chi connectivity index (χ0) is 16.1. The Morgan fingerprint density at radius 1 is 1.24 bits per heavy atom. The maximum Gasteiger partial charge on any atom is 0.242 e. The lowest BCUT2D eigenvalue weighted by atomic mass is 9.92. The number of carbonyl (C=O) groups excluding carboxylic acids is 1. The van der Waals surface area contributed by atoms with Crippen molar-refractivity contribution in [1.82, 2.24) is 10.0 Å². The van der Waals surface area contributed by atoms with Crippen LogP contribution in [0, 0.1) is 5.41 Å². The lowest BCUT2D eigenvalue weighted by molar-refractivity contribution is -0.128. The van der Waals surface area contributed by atoms with Gasteiger partial charge in [-0.15, -0.1) is 0 Å². The molecule has 0 fully saturated rings. The monoisotopic (exact) mass is 313 g/mol. The standard InChI is InChI=1S/C14H23N3O3S/c1-5-17-21(19,20)12-9-7-6-8-11(12)16-10-14(2,3)13(18)15-4/h6-9,16-17H,5,10H2,1-4H3,(H,15,18). The number of hydrogen-bond acceptors (Lipinski definition) is 4. The van der Waals surface area contributed by atoms with Gasteiger partial charge in [0.2, 0.25) is 15.9 Å². The van der Waals surface area contributed by atoms with E-state index < -0.39 is 15.4 Å². The smallest absolute Gasteiger partial charge is 0.242 e. The first-order chi connectivity index (χ1) is 9.74. The molecule has 0 aliphatic heterocycles. The zero-order valence-corrected chi connectivity index (χ0v) is 13.7. The number of para-hydroxylation sites is 1. The van der Waals surface area contributed by atoms with Gasteiger partial charge in [-0.3, -0.25) is 4.79 Å². The molecule has 7 heteroatoms. The van der Waals surface area contributed by atoms with Crippen molar-refractivity contribution in [1.29, 1.82) is 0 Å². The molecule has 3 N–H and O–H groups in total. The van der Waals surface area contributed by atoms with Crippen LogP contribution in [-0.2, 0) is 14.8 Å². The van der Waals surface area contributed by atoms with Gasteiger partial charge in [-0.1, -0.05) is 19.1 Å². The molecule has 1 amide bonds. The van der Waals surface area contributed by atoms with Gasteiger partial charge in [-0.25, -0.2) is 13.1 Å². The van der Waals surface area contributed by atoms with Crippen LogP contribution >= 0.6 is 0 Å². The van der Waals surface area contributed by atoms with Gasteiger partial charge in [0.1, 0.15) is 4.90 Å². The summed E-state index contributed by atoms with van der Waals surface area (Å²) < 4.78 is 26.7. The number of carbonyl (C=O) groups is 1. The third kappa shape index (κ3) is 4.44. The van der Waals surface area contributed by atoms with E-state index in [1.807, 2.05) is 0 Å². The molecule has 0 radical (unpaired) electrons. The van der Waals surface area contributed by atoms with Crippen molar-refractivity contribution in [2.24, 2.45) is 5.41 Å². The lowest BCUT2D eigenvalue weighted by Gasteiger charge is -2.24. The third-order valence-corrected chi connectivity index (χ3v) is 4.68. The first kappa shape index (κ1) is 17.5. The summed E-state index contributed by atoms with van der Waals surface area (Å²) >= 11 is 0. The second-order valence-electron chi connectivity index (χ2n) is 5.31. The van der Waals surface area contributed by atoms with E-state index in [2.05, 4.69) is 15.4 Å². The summed E-state index contributed by atoms with van der Waals surface area (Å²) in [4.78, 5) is 11.9. The number of rotatable bonds is 7. The molecule has 1 aromatic carbocycles. The van der Waals surface area contributed by atoms with Gasteiger partial charge in [-0.2, -0.15) is 0 Å². The van der Waals surface area contributed by atoms with E-state index in [4.69, 9.17) is 0 Å². The van der Waals surface area contributed by atoms with E-state index in [-0.39, 0.29) is 10.8 Å². The second kappa shape index (κ2) is 6.91. The van der Waals surface area contributed by atoms with Gasteiger partial charge in [0.05, 0.1) is 11.1 Å². The Balaban J connectivity index is 2.98. The minimum absolute atomic E-state index is 0.109. The summed E-state index contributed by atoms with van der Waals surface area (Å²) in [5.41, 5.74) is -0.167. The van der Waals surface area contributed by atoms with Crippen LogP contribution < -0.4 is 15.4 Å². The minimum Gasteiger partial charge on any atom is -0.383 e. The zero-order valence-electron chi connectivity index (χ0n) is 12.9. The van der Waals surface area contributed by atoms with Crippen LogP contribution in [0.15, 0.2) is 29.2 Å². The average molecular weight is 313 g/mol. The Morgan fingerprint density at radius 3 is 2.43 bits per heavy atom. The van der Waals surface area contributed by atoms with E-state index >= 15 is 0 Å². The Hall–Kier alpha value is -1.60. The topological polar surface area (TPSA) is 87.3 Å². The van der Waals surface area contributed by atoms with Crippen molar-refractivity contribution in [3.63, 3.8) is 0 Å². The Labute approximate surface area is 126 Å². The molecule has 6 nitrogen and oxygen atoms in total. The van der Waals surface area contributed by atoms with Crippen LogP contribution in [0.2, 0.25) is 0 Å². The van der Waals surface area contributed by atoms with Crippen LogP contribution in [0.3, 0.4) is 0 Å². The molecule has 0 unspecified atom stereocenters. The van der Waals surface area contributed by atoms with Gasteiger partial charge < -0.3 is 10.6 Å². The number of benzene rings is 1. The summed E-state index contributed by atoms with van der Waals surface area (Å²) in [5, 5.41) is 5.65. The minimum atomic E-state index is -3.55. The van der Waals surface area contributed by atoms with Crippen LogP contribution in [-0.4, -0.2) is 34.5 Å². The van der Waals surface area contributed by atoms with Crippen molar-refractivity contribution in [2.75, 3.05) is 25.5 Å². The molecular formula is C14H23N3O3S. The first-order valence-electron chi connectivity index (χ1n) is 6.79. The first-order valence-corrected chi connectivity index (χ1v) is 8.27. The summed E-state index contributed by atoms with van der Waals surface area (Å²) in [5.74, 6) is -0.109. The van der Waals surface area contributed by atoms with E-state index in [0.29, 0.717) is 18.8 Å². The molecule has 0 saturated carbocycles. The molecule has 1 rings (SSSR count). The van der Waals surface area contributed by atoms with Gasteiger partial charge in [0, 0.05) is 20.1 Å². The average Bonchev–Trinajstić information content (AvgIpc) is 2.44. The number of nitrogens with one attached hydrogen (secondary N) is 3. The SMILES string of the molecule is CCNS(=O)(=O)c1ccccc1NCC(C)(C)C(=O)NC. The second-order valence-corrected chi connectivity index (χ2v) is 7.05. The molecule has 0 bridgehead atoms. The fraction of sp³-hybridized carbons (Fsp3) is 0.500. The Bertz CT molecular complexity index is 597. The van der Waals surface area contributed by atoms with Crippen molar-refractivity contribution >= 4 is 21.6 Å². The lowest BCUT2D eigenvalue weighted by Crippen LogP contribution is -2.39. The van der Waals surface area contributed by atoms with Crippen LogP contribution in [0.25, 0.3) is 0 Å². The predicted molar refractivity (Wildman–Crippen MR) is 83.6 cm³/mol. The summed E-state index contributed by atoms with van der Waals surface area (Å²) in [6.45, 7) is 5.95. The number of amides is 1. The molecular weight excluding hydrogens is 290 g/mol. The van der Waals surface area contributed by atoms with E-state index in [1.54, 1.807) is 46.0 Å². The number of anilines is 1. The van der Waals surface area contributed by atoms with Crippen LogP contribution in [0.5, 0.6) is 0 Å². The molecule has 0 atom stereocenters. The molecule has 0 saturated heterocycles. The fourth-order valence-electron chi connectivity index (χ4n) is 1.85. The Morgan fingerprint density at radius 2 is 1.86 bits per heavy atom. The maximum absolute atomic E-state index is 12.1. The summed E-state index contributed by atoms with van der Waals surface area (Å²) in [7, 11) is -1.97. The van der Waals surface area contributed by atoms with E-state index in [9.17, 15) is 13.2 Å². The summed E-state index contributed by atoms with van der Waals surface area (Å²) in [6, 6.07) is 6.64. The van der Waals surface area contributed by atoms with Crippen molar-refractivity contribution < 1.29 is 13.2 Å². The van der Waals surface area contributed by atoms with Gasteiger partial charge >= 0.3 is 0 Å². The molecule has 0 spiro atoms. The van der Waals surface area contributed by atoms with Crippen molar-refractivity contribution in [3.8, 4) is 0 Å².